The van der Waals surface area contributed by atoms with Gasteiger partial charge in [0.25, 0.3) is 0 Å². The quantitative estimate of drug-likeness (QED) is 0.229. The molecule has 2 N–H and O–H groups in total. The van der Waals surface area contributed by atoms with Crippen LogP contribution >= 0.6 is 11.6 Å². The highest BCUT2D eigenvalue weighted by atomic mass is 35.5. The molecule has 0 saturated carbocycles. The van der Waals surface area contributed by atoms with Crippen molar-refractivity contribution in [2.45, 2.75) is 25.7 Å². The molecule has 4 rings (SSSR count). The Morgan fingerprint density at radius 3 is 2.69 bits per heavy atom. The number of methoxy groups -OCH3 is 1. The molecule has 184 valence electrons. The van der Waals surface area contributed by atoms with Crippen molar-refractivity contribution >= 4 is 17.6 Å². The summed E-state index contributed by atoms with van der Waals surface area (Å²) in [4.78, 5) is 12.7. The van der Waals surface area contributed by atoms with Crippen LogP contribution in [0.3, 0.4) is 0 Å². The molecule has 0 saturated heterocycles. The Balaban J connectivity index is 1.63. The third-order valence-electron chi connectivity index (χ3n) is 5.75. The van der Waals surface area contributed by atoms with Crippen molar-refractivity contribution in [3.63, 3.8) is 0 Å². The number of halogens is 1. The Morgan fingerprint density at radius 1 is 1.14 bits per heavy atom. The lowest BCUT2D eigenvalue weighted by atomic mass is 9.83. The summed E-state index contributed by atoms with van der Waals surface area (Å²) in [6.07, 6.45) is 1.98. The van der Waals surface area contributed by atoms with Gasteiger partial charge in [0.05, 0.1) is 30.2 Å². The van der Waals surface area contributed by atoms with Crippen LogP contribution in [0.4, 0.5) is 0 Å². The van der Waals surface area contributed by atoms with E-state index in [9.17, 15) is 10.1 Å². The van der Waals surface area contributed by atoms with Crippen LogP contribution in [0.25, 0.3) is 0 Å². The number of hydrogen-bond acceptors (Lipinski definition) is 7. The predicted octanol–water partition coefficient (Wildman–Crippen LogP) is 5.96. The molecule has 0 radical (unpaired) electrons. The van der Waals surface area contributed by atoms with Gasteiger partial charge in [-0.15, -0.1) is 0 Å². The SMILES string of the molecule is CCCCOc1cccc(C2C(C#N)=C(N)Oc3cc(OC(=O)c4ccc(OC)c(Cl)c4)ccc32)c1. The maximum atomic E-state index is 12.7. The zero-order valence-corrected chi connectivity index (χ0v) is 20.7. The van der Waals surface area contributed by atoms with Crippen molar-refractivity contribution in [1.82, 2.24) is 0 Å². The number of esters is 1. The molecule has 1 heterocycles. The first-order valence-electron chi connectivity index (χ1n) is 11.4. The molecule has 0 spiro atoms. The molecule has 0 bridgehead atoms. The summed E-state index contributed by atoms with van der Waals surface area (Å²) in [7, 11) is 1.49. The minimum absolute atomic E-state index is 0.00211. The van der Waals surface area contributed by atoms with Gasteiger partial charge in [-0.05, 0) is 48.4 Å². The second kappa shape index (κ2) is 11.1. The van der Waals surface area contributed by atoms with Crippen LogP contribution in [0.2, 0.25) is 5.02 Å². The number of unbranched alkanes of at least 4 members (excludes halogenated alkanes) is 1. The first kappa shape index (κ1) is 25.0. The van der Waals surface area contributed by atoms with Crippen LogP contribution in [0.1, 0.15) is 47.2 Å². The van der Waals surface area contributed by atoms with E-state index >= 15 is 0 Å². The Bertz CT molecular complexity index is 1360. The van der Waals surface area contributed by atoms with Gasteiger partial charge in [0.15, 0.2) is 0 Å². The van der Waals surface area contributed by atoms with Gasteiger partial charge in [0.2, 0.25) is 5.88 Å². The smallest absolute Gasteiger partial charge is 0.343 e. The number of allylic oxidation sites excluding steroid dienone is 1. The van der Waals surface area contributed by atoms with E-state index in [1.807, 2.05) is 24.3 Å². The number of benzene rings is 3. The maximum Gasteiger partial charge on any atom is 0.343 e. The van der Waals surface area contributed by atoms with E-state index in [2.05, 4.69) is 13.0 Å². The average molecular weight is 505 g/mol. The number of carbonyl (C=O) groups is 1. The van der Waals surface area contributed by atoms with Gasteiger partial charge < -0.3 is 24.7 Å². The molecule has 1 atom stereocenters. The third kappa shape index (κ3) is 5.24. The van der Waals surface area contributed by atoms with Gasteiger partial charge in [0.1, 0.15) is 34.6 Å². The van der Waals surface area contributed by atoms with E-state index in [-0.39, 0.29) is 17.2 Å². The van der Waals surface area contributed by atoms with Crippen molar-refractivity contribution in [3.8, 4) is 29.1 Å². The average Bonchev–Trinajstić information content (AvgIpc) is 2.88. The van der Waals surface area contributed by atoms with Crippen molar-refractivity contribution in [2.75, 3.05) is 13.7 Å². The molecule has 8 heteroatoms. The lowest BCUT2D eigenvalue weighted by Gasteiger charge is -2.27. The van der Waals surface area contributed by atoms with Gasteiger partial charge >= 0.3 is 5.97 Å². The van der Waals surface area contributed by atoms with Crippen molar-refractivity contribution in [3.05, 3.63) is 93.8 Å². The number of nitriles is 1. The molecular weight excluding hydrogens is 480 g/mol. The van der Waals surface area contributed by atoms with E-state index in [1.54, 1.807) is 30.3 Å². The van der Waals surface area contributed by atoms with Gasteiger partial charge in [0, 0.05) is 11.6 Å². The van der Waals surface area contributed by atoms with E-state index in [1.165, 1.54) is 13.2 Å². The van der Waals surface area contributed by atoms with Crippen LogP contribution in [0.15, 0.2) is 72.1 Å². The van der Waals surface area contributed by atoms with Crippen LogP contribution in [0, 0.1) is 11.3 Å². The zero-order chi connectivity index (χ0) is 25.7. The fraction of sp³-hybridized carbons (Fsp3) is 0.214. The topological polar surface area (TPSA) is 104 Å². The summed E-state index contributed by atoms with van der Waals surface area (Å²) >= 11 is 6.13. The van der Waals surface area contributed by atoms with Crippen LogP contribution in [0.5, 0.6) is 23.0 Å². The molecule has 0 amide bonds. The molecule has 1 aliphatic heterocycles. The molecule has 7 nitrogen and oxygen atoms in total. The second-order valence-electron chi connectivity index (χ2n) is 8.14. The normalized spacial score (nSPS) is 14.3. The Kier molecular flexibility index (Phi) is 7.67. The van der Waals surface area contributed by atoms with E-state index in [4.69, 9.17) is 36.3 Å². The highest BCUT2D eigenvalue weighted by molar-refractivity contribution is 6.32. The zero-order valence-electron chi connectivity index (χ0n) is 19.9. The Morgan fingerprint density at radius 2 is 1.97 bits per heavy atom. The first-order chi connectivity index (χ1) is 17.4. The summed E-state index contributed by atoms with van der Waals surface area (Å²) < 4.78 is 22.3. The van der Waals surface area contributed by atoms with Crippen LogP contribution in [-0.2, 0) is 0 Å². The number of fused-ring (bicyclic) bond motifs is 1. The third-order valence-corrected chi connectivity index (χ3v) is 6.04. The lowest BCUT2D eigenvalue weighted by molar-refractivity contribution is 0.0734. The number of carbonyl (C=O) groups excluding carboxylic acids is 1. The van der Waals surface area contributed by atoms with E-state index in [0.29, 0.717) is 34.5 Å². The largest absolute Gasteiger partial charge is 0.495 e. The van der Waals surface area contributed by atoms with Crippen LogP contribution < -0.4 is 24.7 Å². The number of rotatable bonds is 8. The highest BCUT2D eigenvalue weighted by Gasteiger charge is 2.31. The highest BCUT2D eigenvalue weighted by Crippen LogP contribution is 2.44. The minimum atomic E-state index is -0.593. The van der Waals surface area contributed by atoms with Gasteiger partial charge in [-0.1, -0.05) is 43.1 Å². The van der Waals surface area contributed by atoms with E-state index < -0.39 is 11.9 Å². The Labute approximate surface area is 214 Å². The molecule has 1 aliphatic rings. The Hall–Kier alpha value is -4.15. The summed E-state index contributed by atoms with van der Waals surface area (Å²) in [5, 5.41) is 10.1. The summed E-state index contributed by atoms with van der Waals surface area (Å²) in [6.45, 7) is 2.71. The van der Waals surface area contributed by atoms with Crippen molar-refractivity contribution < 1.29 is 23.7 Å². The lowest BCUT2D eigenvalue weighted by Crippen LogP contribution is -2.21. The van der Waals surface area contributed by atoms with Crippen molar-refractivity contribution in [1.29, 1.82) is 5.26 Å². The molecule has 1 unspecified atom stereocenters. The molecule has 0 aliphatic carbocycles. The minimum Gasteiger partial charge on any atom is -0.495 e. The molecular formula is C28H25ClN2O5. The summed E-state index contributed by atoms with van der Waals surface area (Å²) in [5.41, 5.74) is 8.25. The molecule has 3 aromatic rings. The molecule has 0 aromatic heterocycles. The fourth-order valence-electron chi connectivity index (χ4n) is 3.92. The van der Waals surface area contributed by atoms with Gasteiger partial charge in [-0.2, -0.15) is 5.26 Å². The number of nitrogens with two attached hydrogens (primary N) is 1. The molecule has 3 aromatic carbocycles. The maximum absolute atomic E-state index is 12.7. The number of nitrogens with zero attached hydrogens (tertiary/aromatic N) is 1. The van der Waals surface area contributed by atoms with Gasteiger partial charge in [-0.3, -0.25) is 0 Å². The second-order valence-corrected chi connectivity index (χ2v) is 8.54. The predicted molar refractivity (Wildman–Crippen MR) is 136 cm³/mol. The first-order valence-corrected chi connectivity index (χ1v) is 11.8. The standard InChI is InChI=1S/C28H25ClN2O5/c1-3-4-12-34-19-7-5-6-17(13-19)26-21-10-9-20(15-25(21)36-27(31)22(26)16-30)35-28(32)18-8-11-24(33-2)23(29)14-18/h5-11,13-15,26H,3-4,12,31H2,1-2H3. The van der Waals surface area contributed by atoms with Gasteiger partial charge in [-0.25, -0.2) is 4.79 Å². The molecule has 0 fully saturated rings. The summed E-state index contributed by atoms with van der Waals surface area (Å²) in [6, 6.07) is 19.4. The summed E-state index contributed by atoms with van der Waals surface area (Å²) in [5.74, 6) is 0.771. The monoisotopic (exact) mass is 504 g/mol. The number of hydrogen-bond donors (Lipinski definition) is 1. The fourth-order valence-corrected chi connectivity index (χ4v) is 4.18. The van der Waals surface area contributed by atoms with E-state index in [0.717, 1.165) is 24.0 Å². The van der Waals surface area contributed by atoms with Crippen LogP contribution in [-0.4, -0.2) is 19.7 Å². The molecule has 36 heavy (non-hydrogen) atoms. The van der Waals surface area contributed by atoms with Crippen molar-refractivity contribution in [2.24, 2.45) is 5.73 Å². The number of ether oxygens (including phenoxy) is 4.